The number of hydrogen-bond acceptors (Lipinski definition) is 3. The summed E-state index contributed by atoms with van der Waals surface area (Å²) in [5, 5.41) is 8.88. The van der Waals surface area contributed by atoms with Crippen molar-refractivity contribution >= 4 is 29.4 Å². The number of allylic oxidation sites excluding steroid dienone is 1. The van der Waals surface area contributed by atoms with Gasteiger partial charge in [-0.3, -0.25) is 9.59 Å². The molecule has 0 aliphatic carbocycles. The number of carbonyl (C=O) groups excluding carboxylic acids is 2. The predicted octanol–water partition coefficient (Wildman–Crippen LogP) is 3.41. The number of rotatable bonds is 5. The normalized spacial score (nSPS) is 14.2. The predicted molar refractivity (Wildman–Crippen MR) is 94.8 cm³/mol. The van der Waals surface area contributed by atoms with E-state index >= 15 is 0 Å². The standard InChI is InChI=1S/C20H17NO4/c22-18(11-8-14-6-9-15(10-7-14)20(24)25)16-3-1-4-17(13-16)21-12-2-5-19(21)23/h1,3-4,6-11,13H,2,5,12H2,(H,24,25). The molecule has 0 aromatic heterocycles. The van der Waals surface area contributed by atoms with Gasteiger partial charge in [0.15, 0.2) is 5.78 Å². The van der Waals surface area contributed by atoms with Crippen molar-refractivity contribution in [3.63, 3.8) is 0 Å². The molecule has 1 saturated heterocycles. The molecule has 0 spiro atoms. The fraction of sp³-hybridized carbons (Fsp3) is 0.150. The zero-order valence-corrected chi connectivity index (χ0v) is 13.5. The average Bonchev–Trinajstić information content (AvgIpc) is 3.06. The molecule has 1 aliphatic rings. The topological polar surface area (TPSA) is 74.7 Å². The highest BCUT2D eigenvalue weighted by molar-refractivity contribution is 6.08. The second-order valence-electron chi connectivity index (χ2n) is 5.82. The maximum absolute atomic E-state index is 12.4. The van der Waals surface area contributed by atoms with Crippen LogP contribution in [0.4, 0.5) is 5.69 Å². The fourth-order valence-corrected chi connectivity index (χ4v) is 2.75. The van der Waals surface area contributed by atoms with Gasteiger partial charge in [0.05, 0.1) is 5.56 Å². The van der Waals surface area contributed by atoms with E-state index in [1.807, 2.05) is 6.07 Å². The summed E-state index contributed by atoms with van der Waals surface area (Å²) >= 11 is 0. The molecule has 1 fully saturated rings. The largest absolute Gasteiger partial charge is 0.478 e. The lowest BCUT2D eigenvalue weighted by Gasteiger charge is -2.16. The number of ketones is 1. The number of carboxylic acid groups (broad SMARTS) is 1. The van der Waals surface area contributed by atoms with E-state index in [9.17, 15) is 14.4 Å². The minimum atomic E-state index is -0.986. The van der Waals surface area contributed by atoms with Gasteiger partial charge in [-0.1, -0.05) is 30.3 Å². The highest BCUT2D eigenvalue weighted by Crippen LogP contribution is 2.22. The molecule has 2 aromatic rings. The van der Waals surface area contributed by atoms with Gasteiger partial charge >= 0.3 is 5.97 Å². The van der Waals surface area contributed by atoms with Crippen LogP contribution in [0, 0.1) is 0 Å². The van der Waals surface area contributed by atoms with E-state index < -0.39 is 5.97 Å². The second-order valence-corrected chi connectivity index (χ2v) is 5.82. The van der Waals surface area contributed by atoms with E-state index in [0.29, 0.717) is 18.5 Å². The maximum atomic E-state index is 12.4. The molecule has 1 N–H and O–H groups in total. The van der Waals surface area contributed by atoms with Gasteiger partial charge in [0.1, 0.15) is 0 Å². The summed E-state index contributed by atoms with van der Waals surface area (Å²) in [4.78, 5) is 36.7. The summed E-state index contributed by atoms with van der Waals surface area (Å²) in [6.45, 7) is 0.683. The van der Waals surface area contributed by atoms with Crippen LogP contribution in [0.2, 0.25) is 0 Å². The van der Waals surface area contributed by atoms with Crippen molar-refractivity contribution in [2.75, 3.05) is 11.4 Å². The minimum absolute atomic E-state index is 0.0821. The molecule has 1 aliphatic heterocycles. The van der Waals surface area contributed by atoms with Gasteiger partial charge in [0, 0.05) is 24.2 Å². The second kappa shape index (κ2) is 7.13. The van der Waals surface area contributed by atoms with Crippen LogP contribution in [0.25, 0.3) is 6.08 Å². The summed E-state index contributed by atoms with van der Waals surface area (Å²) in [5.41, 5.74) is 2.19. The number of aromatic carboxylic acids is 1. The lowest BCUT2D eigenvalue weighted by atomic mass is 10.1. The Labute approximate surface area is 145 Å². The van der Waals surface area contributed by atoms with Crippen LogP contribution in [0.15, 0.2) is 54.6 Å². The lowest BCUT2D eigenvalue weighted by Crippen LogP contribution is -2.23. The molecule has 25 heavy (non-hydrogen) atoms. The van der Waals surface area contributed by atoms with Gasteiger partial charge in [-0.2, -0.15) is 0 Å². The molecule has 0 saturated carbocycles. The van der Waals surface area contributed by atoms with E-state index in [2.05, 4.69) is 0 Å². The lowest BCUT2D eigenvalue weighted by molar-refractivity contribution is -0.117. The van der Waals surface area contributed by atoms with Gasteiger partial charge in [-0.25, -0.2) is 4.79 Å². The highest BCUT2D eigenvalue weighted by Gasteiger charge is 2.22. The van der Waals surface area contributed by atoms with Crippen molar-refractivity contribution in [1.82, 2.24) is 0 Å². The monoisotopic (exact) mass is 335 g/mol. The Morgan fingerprint density at radius 2 is 1.80 bits per heavy atom. The first-order valence-corrected chi connectivity index (χ1v) is 8.01. The van der Waals surface area contributed by atoms with E-state index in [1.165, 1.54) is 18.2 Å². The Bertz CT molecular complexity index is 852. The molecule has 1 heterocycles. The molecule has 2 aromatic carbocycles. The van der Waals surface area contributed by atoms with E-state index in [4.69, 9.17) is 5.11 Å². The molecular formula is C20H17NO4. The van der Waals surface area contributed by atoms with Crippen LogP contribution in [-0.4, -0.2) is 29.3 Å². The van der Waals surface area contributed by atoms with Crippen LogP contribution in [0.1, 0.15) is 39.1 Å². The molecular weight excluding hydrogens is 318 g/mol. The molecule has 0 atom stereocenters. The summed E-state index contributed by atoms with van der Waals surface area (Å²) in [5.74, 6) is -1.07. The Balaban J connectivity index is 1.74. The number of carbonyl (C=O) groups is 3. The fourth-order valence-electron chi connectivity index (χ4n) is 2.75. The van der Waals surface area contributed by atoms with Crippen molar-refractivity contribution in [2.24, 2.45) is 0 Å². The third-order valence-electron chi connectivity index (χ3n) is 4.10. The first-order valence-electron chi connectivity index (χ1n) is 8.01. The third kappa shape index (κ3) is 3.83. The van der Waals surface area contributed by atoms with Crippen molar-refractivity contribution in [3.05, 3.63) is 71.3 Å². The highest BCUT2D eigenvalue weighted by atomic mass is 16.4. The molecule has 0 radical (unpaired) electrons. The van der Waals surface area contributed by atoms with E-state index in [0.717, 1.165) is 17.7 Å². The van der Waals surface area contributed by atoms with Crippen molar-refractivity contribution in [1.29, 1.82) is 0 Å². The van der Waals surface area contributed by atoms with Crippen molar-refractivity contribution in [3.8, 4) is 0 Å². The Morgan fingerprint density at radius 1 is 1.04 bits per heavy atom. The Kier molecular flexibility index (Phi) is 4.75. The molecule has 0 bridgehead atoms. The Morgan fingerprint density at radius 3 is 2.44 bits per heavy atom. The number of carboxylic acids is 1. The summed E-state index contributed by atoms with van der Waals surface area (Å²) in [7, 11) is 0. The summed E-state index contributed by atoms with van der Waals surface area (Å²) < 4.78 is 0. The third-order valence-corrected chi connectivity index (χ3v) is 4.10. The zero-order chi connectivity index (χ0) is 17.8. The molecule has 5 nitrogen and oxygen atoms in total. The summed E-state index contributed by atoms with van der Waals surface area (Å²) in [6, 6.07) is 13.3. The summed E-state index contributed by atoms with van der Waals surface area (Å²) in [6.07, 6.45) is 4.47. The van der Waals surface area contributed by atoms with Gasteiger partial charge < -0.3 is 10.0 Å². The molecule has 126 valence electrons. The van der Waals surface area contributed by atoms with Crippen molar-refractivity contribution < 1.29 is 19.5 Å². The van der Waals surface area contributed by atoms with Gasteiger partial charge in [0.2, 0.25) is 5.91 Å². The Hall–Kier alpha value is -3.21. The molecule has 0 unspecified atom stereocenters. The number of hydrogen-bond donors (Lipinski definition) is 1. The number of anilines is 1. The first kappa shape index (κ1) is 16.6. The van der Waals surface area contributed by atoms with Crippen LogP contribution >= 0.6 is 0 Å². The van der Waals surface area contributed by atoms with Crippen LogP contribution in [0.5, 0.6) is 0 Å². The van der Waals surface area contributed by atoms with E-state index in [1.54, 1.807) is 41.3 Å². The molecule has 1 amide bonds. The van der Waals surface area contributed by atoms with Crippen molar-refractivity contribution in [2.45, 2.75) is 12.8 Å². The van der Waals surface area contributed by atoms with Crippen LogP contribution in [0.3, 0.4) is 0 Å². The number of amides is 1. The minimum Gasteiger partial charge on any atom is -0.478 e. The first-order chi connectivity index (χ1) is 12.0. The number of nitrogens with zero attached hydrogens (tertiary/aromatic N) is 1. The zero-order valence-electron chi connectivity index (χ0n) is 13.5. The van der Waals surface area contributed by atoms with Crippen LogP contribution in [-0.2, 0) is 4.79 Å². The molecule has 5 heteroatoms. The van der Waals surface area contributed by atoms with Gasteiger partial charge in [-0.05, 0) is 42.3 Å². The average molecular weight is 335 g/mol. The van der Waals surface area contributed by atoms with Crippen LogP contribution < -0.4 is 4.90 Å². The molecule has 3 rings (SSSR count). The quantitative estimate of drug-likeness (QED) is 0.671. The van der Waals surface area contributed by atoms with Gasteiger partial charge in [0.25, 0.3) is 0 Å². The van der Waals surface area contributed by atoms with Gasteiger partial charge in [-0.15, -0.1) is 0 Å². The maximum Gasteiger partial charge on any atom is 0.335 e. The van der Waals surface area contributed by atoms with E-state index in [-0.39, 0.29) is 17.3 Å². The SMILES string of the molecule is O=C(O)c1ccc(C=CC(=O)c2cccc(N3CCCC3=O)c2)cc1. The number of benzene rings is 2. The smallest absolute Gasteiger partial charge is 0.335 e.